The molecule has 2 aliphatic rings. The molecule has 0 radical (unpaired) electrons. The van der Waals surface area contributed by atoms with Gasteiger partial charge in [-0.15, -0.1) is 0 Å². The number of hydrogen-bond donors (Lipinski definition) is 2. The molecule has 32 heavy (non-hydrogen) atoms. The fourth-order valence-corrected chi connectivity index (χ4v) is 4.39. The second-order valence-corrected chi connectivity index (χ2v) is 9.41. The number of nitrogens with one attached hydrogen (secondary N) is 1. The van der Waals surface area contributed by atoms with E-state index in [-0.39, 0.29) is 30.4 Å². The molecule has 11 heteroatoms. The summed E-state index contributed by atoms with van der Waals surface area (Å²) in [7, 11) is 1.88. The summed E-state index contributed by atoms with van der Waals surface area (Å²) in [5.41, 5.74) is 10.9. The van der Waals surface area contributed by atoms with Crippen LogP contribution in [0.2, 0.25) is 0 Å². The Hall–Kier alpha value is -2.08. The second-order valence-electron chi connectivity index (χ2n) is 8.38. The number of rotatable bonds is 9. The first kappa shape index (κ1) is 23.1. The highest BCUT2D eigenvalue weighted by atomic mass is 32.2. The lowest BCUT2D eigenvalue weighted by atomic mass is 9.99. The van der Waals surface area contributed by atoms with Crippen LogP contribution in [-0.4, -0.2) is 44.2 Å². The van der Waals surface area contributed by atoms with Crippen LogP contribution in [-0.2, 0) is 35.5 Å². The Bertz CT molecular complexity index is 985. The number of aryl methyl sites for hydroxylation is 1. The Balaban J connectivity index is 1.40. The van der Waals surface area contributed by atoms with Crippen LogP contribution in [0.4, 0.5) is 13.2 Å². The van der Waals surface area contributed by atoms with E-state index in [2.05, 4.69) is 10.5 Å². The van der Waals surface area contributed by atoms with Crippen LogP contribution < -0.4 is 11.2 Å². The van der Waals surface area contributed by atoms with Gasteiger partial charge in [-0.2, -0.15) is 5.48 Å². The highest BCUT2D eigenvalue weighted by Gasteiger charge is 2.33. The zero-order valence-electron chi connectivity index (χ0n) is 17.7. The van der Waals surface area contributed by atoms with E-state index in [0.717, 1.165) is 30.3 Å². The number of hydroxylamine groups is 1. The average molecular weight is 470 g/mol. The summed E-state index contributed by atoms with van der Waals surface area (Å²) < 4.78 is 47.9. The van der Waals surface area contributed by atoms with Crippen LogP contribution in [0.5, 0.6) is 0 Å². The van der Waals surface area contributed by atoms with E-state index in [0.29, 0.717) is 30.8 Å². The van der Waals surface area contributed by atoms with Gasteiger partial charge in [0.05, 0.1) is 30.3 Å². The topological polar surface area (TPSA) is 85.4 Å². The van der Waals surface area contributed by atoms with Gasteiger partial charge >= 0.3 is 0 Å². The summed E-state index contributed by atoms with van der Waals surface area (Å²) in [4.78, 5) is 19.3. The number of aromatic nitrogens is 2. The highest BCUT2D eigenvalue weighted by Crippen LogP contribution is 2.34. The Kier molecular flexibility index (Phi) is 7.08. The third-order valence-electron chi connectivity index (χ3n) is 5.75. The first-order valence-corrected chi connectivity index (χ1v) is 11.3. The van der Waals surface area contributed by atoms with E-state index in [9.17, 15) is 18.0 Å². The molecular weight excluding hydrogens is 443 g/mol. The predicted molar refractivity (Wildman–Crippen MR) is 114 cm³/mol. The van der Waals surface area contributed by atoms with Crippen molar-refractivity contribution in [1.29, 1.82) is 0 Å². The molecule has 1 aliphatic carbocycles. The zero-order valence-corrected chi connectivity index (χ0v) is 18.5. The van der Waals surface area contributed by atoms with Crippen molar-refractivity contribution in [3.8, 4) is 0 Å². The van der Waals surface area contributed by atoms with Crippen LogP contribution in [0.15, 0.2) is 18.5 Å². The maximum atomic E-state index is 14.0. The fraction of sp³-hybridized carbons (Fsp3) is 0.524. The minimum absolute atomic E-state index is 0.0551. The summed E-state index contributed by atoms with van der Waals surface area (Å²) in [5, 5.41) is 0.531. The van der Waals surface area contributed by atoms with Crippen molar-refractivity contribution in [1.82, 2.24) is 19.9 Å². The summed E-state index contributed by atoms with van der Waals surface area (Å²) in [5.74, 6) is -3.48. The molecule has 1 aromatic heterocycles. The molecule has 1 fully saturated rings. The second kappa shape index (κ2) is 9.82. The first-order chi connectivity index (χ1) is 15.3. The number of benzene rings is 1. The number of nitrogens with zero attached hydrogens (tertiary/aromatic N) is 3. The van der Waals surface area contributed by atoms with Gasteiger partial charge in [-0.05, 0) is 30.9 Å². The van der Waals surface area contributed by atoms with E-state index in [1.54, 1.807) is 11.2 Å². The number of fused-ring (bicyclic) bond motifs is 1. The maximum Gasteiger partial charge on any atom is 0.224 e. The Morgan fingerprint density at radius 1 is 1.31 bits per heavy atom. The molecular formula is C21H26F3N5O2S. The van der Waals surface area contributed by atoms with Gasteiger partial charge in [-0.3, -0.25) is 4.79 Å². The van der Waals surface area contributed by atoms with E-state index in [1.807, 2.05) is 11.6 Å². The molecule has 2 unspecified atom stereocenters. The molecule has 0 bridgehead atoms. The van der Waals surface area contributed by atoms with Gasteiger partial charge in [0, 0.05) is 55.8 Å². The number of amides is 1. The SMILES string of the molecule is Cn1cnc2c1CN(C(=O)CC(N)Cc1cc(F)c(F)cc1F)C(CNOSC1CC1)C2. The zero-order chi connectivity index (χ0) is 22.8. The Morgan fingerprint density at radius 2 is 2.06 bits per heavy atom. The lowest BCUT2D eigenvalue weighted by molar-refractivity contribution is -0.135. The van der Waals surface area contributed by atoms with Crippen LogP contribution >= 0.6 is 12.0 Å². The summed E-state index contributed by atoms with van der Waals surface area (Å²) in [6.45, 7) is 0.799. The van der Waals surface area contributed by atoms with Gasteiger partial charge < -0.3 is 15.2 Å². The molecule has 3 N–H and O–H groups in total. The van der Waals surface area contributed by atoms with Crippen LogP contribution in [0.3, 0.4) is 0 Å². The van der Waals surface area contributed by atoms with Crippen molar-refractivity contribution < 1.29 is 22.2 Å². The third-order valence-corrected chi connectivity index (χ3v) is 6.71. The lowest BCUT2D eigenvalue weighted by Gasteiger charge is -2.36. The molecule has 1 aromatic carbocycles. The fourth-order valence-electron chi connectivity index (χ4n) is 3.79. The molecule has 0 spiro atoms. The molecule has 7 nitrogen and oxygen atoms in total. The Labute approximate surface area is 188 Å². The van der Waals surface area contributed by atoms with Gasteiger partial charge in [-0.1, -0.05) is 0 Å². The predicted octanol–water partition coefficient (Wildman–Crippen LogP) is 2.38. The molecule has 1 amide bonds. The molecule has 174 valence electrons. The van der Waals surface area contributed by atoms with Crippen molar-refractivity contribution in [2.45, 2.75) is 56.0 Å². The summed E-state index contributed by atoms with van der Waals surface area (Å²) >= 11 is 1.40. The van der Waals surface area contributed by atoms with Crippen LogP contribution in [0.25, 0.3) is 0 Å². The minimum atomic E-state index is -1.26. The third kappa shape index (κ3) is 5.45. The van der Waals surface area contributed by atoms with Gasteiger partial charge in [0.1, 0.15) is 5.82 Å². The number of halogens is 3. The molecule has 2 heterocycles. The number of carbonyl (C=O) groups is 1. The van der Waals surface area contributed by atoms with Crippen molar-refractivity contribution in [3.05, 3.63) is 52.9 Å². The largest absolute Gasteiger partial charge is 0.336 e. The number of hydrogen-bond acceptors (Lipinski definition) is 6. The minimum Gasteiger partial charge on any atom is -0.336 e. The normalized spacial score (nSPS) is 19.2. The standard InChI is InChI=1S/C21H26F3N5O2S/c1-28-11-26-19-7-14(9-27-31-32-15-2-3-15)29(10-20(19)28)21(30)6-13(25)4-12-5-17(23)18(24)8-16(12)22/h5,8,11,13-15,27H,2-4,6-7,9-10,25H2,1H3. The van der Waals surface area contributed by atoms with E-state index < -0.39 is 23.5 Å². The number of imidazole rings is 1. The van der Waals surface area contributed by atoms with E-state index >= 15 is 0 Å². The monoisotopic (exact) mass is 469 g/mol. The molecule has 0 saturated heterocycles. The average Bonchev–Trinajstić information content (AvgIpc) is 3.50. The van der Waals surface area contributed by atoms with E-state index in [1.165, 1.54) is 12.0 Å². The van der Waals surface area contributed by atoms with Crippen molar-refractivity contribution in [2.24, 2.45) is 12.8 Å². The van der Waals surface area contributed by atoms with Gasteiger partial charge in [0.2, 0.25) is 5.91 Å². The molecule has 2 atom stereocenters. The number of nitrogens with two attached hydrogens (primary N) is 1. The van der Waals surface area contributed by atoms with Gasteiger partial charge in [0.15, 0.2) is 11.6 Å². The van der Waals surface area contributed by atoms with Gasteiger partial charge in [0.25, 0.3) is 0 Å². The maximum absolute atomic E-state index is 14.0. The van der Waals surface area contributed by atoms with Crippen molar-refractivity contribution >= 4 is 17.9 Å². The quantitative estimate of drug-likeness (QED) is 0.254. The van der Waals surface area contributed by atoms with Crippen LogP contribution in [0.1, 0.15) is 36.2 Å². The van der Waals surface area contributed by atoms with Gasteiger partial charge in [-0.25, -0.2) is 22.4 Å². The summed E-state index contributed by atoms with van der Waals surface area (Å²) in [6.07, 6.45) is 4.45. The smallest absolute Gasteiger partial charge is 0.224 e. The van der Waals surface area contributed by atoms with Crippen molar-refractivity contribution in [3.63, 3.8) is 0 Å². The molecule has 1 aliphatic heterocycles. The number of carbonyl (C=O) groups excluding carboxylic acids is 1. The lowest BCUT2D eigenvalue weighted by Crippen LogP contribution is -2.50. The Morgan fingerprint density at radius 3 is 2.81 bits per heavy atom. The van der Waals surface area contributed by atoms with Crippen LogP contribution in [0, 0.1) is 17.5 Å². The molecule has 1 saturated carbocycles. The summed E-state index contributed by atoms with van der Waals surface area (Å²) in [6, 6.07) is 0.358. The van der Waals surface area contributed by atoms with Crippen molar-refractivity contribution in [2.75, 3.05) is 6.54 Å². The highest BCUT2D eigenvalue weighted by molar-refractivity contribution is 7.95. The molecule has 2 aromatic rings. The molecule has 4 rings (SSSR count). The first-order valence-electron chi connectivity index (χ1n) is 10.5. The van der Waals surface area contributed by atoms with E-state index in [4.69, 9.17) is 10.0 Å².